The minimum Gasteiger partial charge on any atom is -0.435 e. The van der Waals surface area contributed by atoms with E-state index < -0.39 is 12.7 Å². The molecule has 3 rings (SSSR count). The number of aliphatic hydroxyl groups is 1. The smallest absolute Gasteiger partial charge is 0.387 e. The maximum atomic E-state index is 12.3. The second kappa shape index (κ2) is 6.80. The Bertz CT molecular complexity index is 553. The Morgan fingerprint density at radius 2 is 1.87 bits per heavy atom. The number of benzene rings is 1. The number of nitrogens with one attached hydrogen (secondary N) is 2. The summed E-state index contributed by atoms with van der Waals surface area (Å²) in [5.74, 6) is 0.644. The van der Waals surface area contributed by atoms with Gasteiger partial charge in [-0.1, -0.05) is 0 Å². The molecule has 1 heterocycles. The van der Waals surface area contributed by atoms with E-state index in [9.17, 15) is 18.7 Å². The number of aliphatic hydroxyl groups excluding tert-OH is 1. The average Bonchev–Trinajstić information content (AvgIpc) is 2.94. The molecule has 1 aliphatic heterocycles. The number of hydrogen-bond acceptors (Lipinski definition) is 4. The standard InChI is InChI=1S/C16H20F2N2O3/c17-16(18)23-12-3-1-9(2-4-12)15(22)20-13-5-10-7-19-8-11(10)6-14(13)21/h1-4,10-11,13-14,16,19,21H,5-8H2,(H,20,22)/t10-,11+,13-,14-/m0/s1. The van der Waals surface area contributed by atoms with Crippen LogP contribution in [0, 0.1) is 11.8 Å². The molecule has 2 aliphatic rings. The number of alkyl halides is 2. The van der Waals surface area contributed by atoms with Crippen LogP contribution in [0.4, 0.5) is 8.78 Å². The Morgan fingerprint density at radius 1 is 1.22 bits per heavy atom. The SMILES string of the molecule is O=C(N[C@H]1C[C@H]2CNC[C@H]2C[C@@H]1O)c1ccc(OC(F)F)cc1. The summed E-state index contributed by atoms with van der Waals surface area (Å²) in [5.41, 5.74) is 0.352. The highest BCUT2D eigenvalue weighted by atomic mass is 19.3. The summed E-state index contributed by atoms with van der Waals surface area (Å²) < 4.78 is 28.5. The fraction of sp³-hybridized carbons (Fsp3) is 0.562. The van der Waals surface area contributed by atoms with Crippen molar-refractivity contribution in [3.8, 4) is 5.75 Å². The summed E-state index contributed by atoms with van der Waals surface area (Å²) in [6.07, 6.45) is 0.877. The summed E-state index contributed by atoms with van der Waals surface area (Å²) in [6.45, 7) is -1.04. The van der Waals surface area contributed by atoms with Crippen LogP contribution >= 0.6 is 0 Å². The van der Waals surface area contributed by atoms with E-state index in [1.165, 1.54) is 24.3 Å². The fourth-order valence-corrected chi connectivity index (χ4v) is 3.49. The fourth-order valence-electron chi connectivity index (χ4n) is 3.49. The lowest BCUT2D eigenvalue weighted by molar-refractivity contribution is -0.0498. The first-order valence-corrected chi connectivity index (χ1v) is 7.77. The number of hydrogen-bond donors (Lipinski definition) is 3. The highest BCUT2D eigenvalue weighted by Gasteiger charge is 2.39. The van der Waals surface area contributed by atoms with E-state index in [1.807, 2.05) is 0 Å². The van der Waals surface area contributed by atoms with E-state index in [0.29, 0.717) is 23.8 Å². The van der Waals surface area contributed by atoms with Crippen molar-refractivity contribution in [3.63, 3.8) is 0 Å². The monoisotopic (exact) mass is 326 g/mol. The van der Waals surface area contributed by atoms with E-state index in [-0.39, 0.29) is 17.7 Å². The van der Waals surface area contributed by atoms with Crippen molar-refractivity contribution in [2.24, 2.45) is 11.8 Å². The maximum Gasteiger partial charge on any atom is 0.387 e. The van der Waals surface area contributed by atoms with Gasteiger partial charge in [0.15, 0.2) is 0 Å². The summed E-state index contributed by atoms with van der Waals surface area (Å²) in [7, 11) is 0. The number of rotatable bonds is 4. The first-order valence-electron chi connectivity index (χ1n) is 7.77. The molecular formula is C16H20F2N2O3. The lowest BCUT2D eigenvalue weighted by atomic mass is 9.77. The van der Waals surface area contributed by atoms with Crippen LogP contribution in [-0.2, 0) is 0 Å². The number of fused-ring (bicyclic) bond motifs is 1. The van der Waals surface area contributed by atoms with Gasteiger partial charge in [-0.05, 0) is 62.0 Å². The molecule has 0 radical (unpaired) electrons. The Labute approximate surface area is 133 Å². The number of amides is 1. The van der Waals surface area contributed by atoms with Crippen LogP contribution in [0.3, 0.4) is 0 Å². The topological polar surface area (TPSA) is 70.6 Å². The van der Waals surface area contributed by atoms with Crippen LogP contribution in [0.15, 0.2) is 24.3 Å². The van der Waals surface area contributed by atoms with Crippen molar-refractivity contribution < 1.29 is 23.4 Å². The van der Waals surface area contributed by atoms with Crippen molar-refractivity contribution in [2.75, 3.05) is 13.1 Å². The van der Waals surface area contributed by atoms with Gasteiger partial charge in [0.05, 0.1) is 12.1 Å². The van der Waals surface area contributed by atoms with Crippen LogP contribution in [0.25, 0.3) is 0 Å². The van der Waals surface area contributed by atoms with E-state index in [4.69, 9.17) is 0 Å². The second-order valence-electron chi connectivity index (χ2n) is 6.20. The molecule has 0 unspecified atom stereocenters. The van der Waals surface area contributed by atoms with Crippen LogP contribution in [-0.4, -0.2) is 42.9 Å². The van der Waals surface area contributed by atoms with Gasteiger partial charge in [0.25, 0.3) is 5.91 Å². The molecule has 1 aromatic rings. The van der Waals surface area contributed by atoms with E-state index in [1.54, 1.807) is 0 Å². The van der Waals surface area contributed by atoms with Crippen LogP contribution in [0.1, 0.15) is 23.2 Å². The Hall–Kier alpha value is -1.73. The van der Waals surface area contributed by atoms with Crippen LogP contribution < -0.4 is 15.4 Å². The van der Waals surface area contributed by atoms with Gasteiger partial charge in [-0.2, -0.15) is 8.78 Å². The predicted molar refractivity (Wildman–Crippen MR) is 79.4 cm³/mol. The van der Waals surface area contributed by atoms with Crippen LogP contribution in [0.2, 0.25) is 0 Å². The second-order valence-corrected chi connectivity index (χ2v) is 6.20. The van der Waals surface area contributed by atoms with E-state index >= 15 is 0 Å². The Kier molecular flexibility index (Phi) is 4.77. The molecule has 5 nitrogen and oxygen atoms in total. The zero-order chi connectivity index (χ0) is 16.4. The third kappa shape index (κ3) is 3.79. The lowest BCUT2D eigenvalue weighted by Crippen LogP contribution is -2.49. The molecule has 4 atom stereocenters. The summed E-state index contributed by atoms with van der Waals surface area (Å²) >= 11 is 0. The summed E-state index contributed by atoms with van der Waals surface area (Å²) in [5, 5.41) is 16.4. The normalized spacial score (nSPS) is 30.1. The zero-order valence-electron chi connectivity index (χ0n) is 12.5. The van der Waals surface area contributed by atoms with Crippen LogP contribution in [0.5, 0.6) is 5.75 Å². The molecule has 126 valence electrons. The third-order valence-corrected chi connectivity index (χ3v) is 4.70. The highest BCUT2D eigenvalue weighted by Crippen LogP contribution is 2.33. The van der Waals surface area contributed by atoms with Crippen molar-refractivity contribution in [1.29, 1.82) is 0 Å². The Morgan fingerprint density at radius 3 is 2.52 bits per heavy atom. The maximum absolute atomic E-state index is 12.3. The molecule has 2 fully saturated rings. The molecule has 23 heavy (non-hydrogen) atoms. The molecule has 0 aromatic heterocycles. The molecule has 1 saturated heterocycles. The molecule has 3 N–H and O–H groups in total. The molecule has 1 saturated carbocycles. The van der Waals surface area contributed by atoms with Gasteiger partial charge in [0.1, 0.15) is 5.75 Å². The quantitative estimate of drug-likeness (QED) is 0.782. The largest absolute Gasteiger partial charge is 0.435 e. The van der Waals surface area contributed by atoms with E-state index in [0.717, 1.165) is 19.5 Å². The predicted octanol–water partition coefficient (Wildman–Crippen LogP) is 1.38. The third-order valence-electron chi connectivity index (χ3n) is 4.70. The van der Waals surface area contributed by atoms with Gasteiger partial charge in [-0.3, -0.25) is 4.79 Å². The van der Waals surface area contributed by atoms with Gasteiger partial charge in [0.2, 0.25) is 0 Å². The number of carbonyl (C=O) groups excluding carboxylic acids is 1. The Balaban J connectivity index is 1.60. The molecule has 0 bridgehead atoms. The molecule has 1 aromatic carbocycles. The number of ether oxygens (including phenoxy) is 1. The number of halogens is 2. The average molecular weight is 326 g/mol. The van der Waals surface area contributed by atoms with Crippen molar-refractivity contribution >= 4 is 5.91 Å². The van der Waals surface area contributed by atoms with Crippen molar-refractivity contribution in [2.45, 2.75) is 31.6 Å². The molecule has 1 aliphatic carbocycles. The molecule has 1 amide bonds. The number of carbonyl (C=O) groups is 1. The van der Waals surface area contributed by atoms with Gasteiger partial charge in [-0.25, -0.2) is 0 Å². The van der Waals surface area contributed by atoms with Gasteiger partial charge >= 0.3 is 6.61 Å². The van der Waals surface area contributed by atoms with Crippen molar-refractivity contribution in [3.05, 3.63) is 29.8 Å². The van der Waals surface area contributed by atoms with E-state index in [2.05, 4.69) is 15.4 Å². The highest BCUT2D eigenvalue weighted by molar-refractivity contribution is 5.94. The minimum atomic E-state index is -2.89. The van der Waals surface area contributed by atoms with Gasteiger partial charge in [0, 0.05) is 5.56 Å². The van der Waals surface area contributed by atoms with Gasteiger partial charge < -0.3 is 20.5 Å². The summed E-state index contributed by atoms with van der Waals surface area (Å²) in [4.78, 5) is 12.3. The molecule has 0 spiro atoms. The first kappa shape index (κ1) is 16.1. The first-order chi connectivity index (χ1) is 11.0. The minimum absolute atomic E-state index is 0.00845. The zero-order valence-corrected chi connectivity index (χ0v) is 12.5. The van der Waals surface area contributed by atoms with Crippen molar-refractivity contribution in [1.82, 2.24) is 10.6 Å². The lowest BCUT2D eigenvalue weighted by Gasteiger charge is -2.35. The molecular weight excluding hydrogens is 306 g/mol. The van der Waals surface area contributed by atoms with Gasteiger partial charge in [-0.15, -0.1) is 0 Å². The summed E-state index contributed by atoms with van der Waals surface area (Å²) in [6, 6.07) is 5.25. The molecule has 7 heteroatoms.